The molecule has 2 saturated carbocycles. The summed E-state index contributed by atoms with van der Waals surface area (Å²) in [6, 6.07) is 1.04. The van der Waals surface area contributed by atoms with Gasteiger partial charge in [0, 0.05) is 12.1 Å². The average molecular weight is 254 g/mol. The molecular weight excluding hydrogens is 228 g/mol. The maximum Gasteiger partial charge on any atom is 0.246 e. The predicted octanol–water partition coefficient (Wildman–Crippen LogP) is 1.59. The topological polar surface area (TPSA) is 50.4 Å². The van der Waals surface area contributed by atoms with Gasteiger partial charge in [0.05, 0.1) is 6.10 Å². The molecule has 0 heterocycles. The number of nitrogens with one attached hydrogen (secondary N) is 2. The van der Waals surface area contributed by atoms with Crippen LogP contribution in [-0.4, -0.2) is 37.7 Å². The molecular formula is C14H26N2O2. The maximum absolute atomic E-state index is 11.7. The van der Waals surface area contributed by atoms with Crippen LogP contribution in [0.5, 0.6) is 0 Å². The Kier molecular flexibility index (Phi) is 5.45. The first-order valence-electron chi connectivity index (χ1n) is 7.36. The molecule has 0 aromatic rings. The van der Waals surface area contributed by atoms with Gasteiger partial charge in [0.1, 0.15) is 6.61 Å². The van der Waals surface area contributed by atoms with Crippen LogP contribution in [0.4, 0.5) is 0 Å². The van der Waals surface area contributed by atoms with E-state index < -0.39 is 0 Å². The first-order valence-corrected chi connectivity index (χ1v) is 7.36. The highest BCUT2D eigenvalue weighted by molar-refractivity contribution is 5.77. The minimum absolute atomic E-state index is 0.0673. The fourth-order valence-electron chi connectivity index (χ4n) is 3.05. The van der Waals surface area contributed by atoms with Crippen LogP contribution in [0.3, 0.4) is 0 Å². The lowest BCUT2D eigenvalue weighted by Crippen LogP contribution is -2.38. The molecule has 1 amide bonds. The van der Waals surface area contributed by atoms with Crippen LogP contribution >= 0.6 is 0 Å². The minimum Gasteiger partial charge on any atom is -0.368 e. The van der Waals surface area contributed by atoms with E-state index >= 15 is 0 Å². The first-order chi connectivity index (χ1) is 8.78. The smallest absolute Gasteiger partial charge is 0.246 e. The van der Waals surface area contributed by atoms with Crippen molar-refractivity contribution < 1.29 is 9.53 Å². The van der Waals surface area contributed by atoms with E-state index in [1.165, 1.54) is 12.8 Å². The van der Waals surface area contributed by atoms with E-state index in [1.807, 2.05) is 7.05 Å². The summed E-state index contributed by atoms with van der Waals surface area (Å²) in [5.74, 6) is 0.0673. The van der Waals surface area contributed by atoms with Crippen LogP contribution in [0.25, 0.3) is 0 Å². The van der Waals surface area contributed by atoms with Gasteiger partial charge in [-0.1, -0.05) is 12.8 Å². The molecule has 2 rings (SSSR count). The lowest BCUT2D eigenvalue weighted by atomic mass is 9.93. The average Bonchev–Trinajstić information content (AvgIpc) is 2.90. The van der Waals surface area contributed by atoms with E-state index in [1.54, 1.807) is 0 Å². The van der Waals surface area contributed by atoms with Crippen LogP contribution < -0.4 is 10.6 Å². The Morgan fingerprint density at radius 3 is 2.33 bits per heavy atom. The summed E-state index contributed by atoms with van der Waals surface area (Å²) < 4.78 is 5.71. The SMILES string of the molecule is CNC1CCC(OCC(=O)NC2CCCC2)CC1. The number of carbonyl (C=O) groups is 1. The largest absolute Gasteiger partial charge is 0.368 e. The van der Waals surface area contributed by atoms with Crippen LogP contribution in [0, 0.1) is 0 Å². The van der Waals surface area contributed by atoms with E-state index in [2.05, 4.69) is 10.6 Å². The van der Waals surface area contributed by atoms with E-state index in [-0.39, 0.29) is 18.6 Å². The van der Waals surface area contributed by atoms with E-state index in [4.69, 9.17) is 4.74 Å². The van der Waals surface area contributed by atoms with Gasteiger partial charge >= 0.3 is 0 Å². The molecule has 0 bridgehead atoms. The number of hydrogen-bond acceptors (Lipinski definition) is 3. The van der Waals surface area contributed by atoms with Crippen molar-refractivity contribution in [3.05, 3.63) is 0 Å². The molecule has 0 spiro atoms. The second-order valence-corrected chi connectivity index (χ2v) is 5.62. The van der Waals surface area contributed by atoms with Crippen LogP contribution in [0.15, 0.2) is 0 Å². The van der Waals surface area contributed by atoms with Gasteiger partial charge in [-0.15, -0.1) is 0 Å². The maximum atomic E-state index is 11.7. The molecule has 2 fully saturated rings. The van der Waals surface area contributed by atoms with Crippen molar-refractivity contribution in [1.29, 1.82) is 0 Å². The Morgan fingerprint density at radius 1 is 1.06 bits per heavy atom. The summed E-state index contributed by atoms with van der Waals surface area (Å²) in [4.78, 5) is 11.7. The predicted molar refractivity (Wildman–Crippen MR) is 71.5 cm³/mol. The lowest BCUT2D eigenvalue weighted by molar-refractivity contribution is -0.129. The Hall–Kier alpha value is -0.610. The van der Waals surface area contributed by atoms with Crippen molar-refractivity contribution in [3.8, 4) is 0 Å². The molecule has 2 aliphatic carbocycles. The second-order valence-electron chi connectivity index (χ2n) is 5.62. The Morgan fingerprint density at radius 2 is 1.72 bits per heavy atom. The van der Waals surface area contributed by atoms with Gasteiger partial charge in [-0.05, 0) is 45.6 Å². The molecule has 0 unspecified atom stereocenters. The van der Waals surface area contributed by atoms with E-state index in [0.717, 1.165) is 38.5 Å². The second kappa shape index (κ2) is 7.10. The normalized spacial score (nSPS) is 29.4. The zero-order valence-electron chi connectivity index (χ0n) is 11.4. The van der Waals surface area contributed by atoms with Crippen molar-refractivity contribution in [2.24, 2.45) is 0 Å². The Labute approximate surface area is 110 Å². The molecule has 104 valence electrons. The van der Waals surface area contributed by atoms with Crippen molar-refractivity contribution in [2.75, 3.05) is 13.7 Å². The molecule has 2 aliphatic rings. The highest BCUT2D eigenvalue weighted by Crippen LogP contribution is 2.21. The zero-order valence-corrected chi connectivity index (χ0v) is 11.4. The summed E-state index contributed by atoms with van der Waals surface area (Å²) in [5.41, 5.74) is 0. The third-order valence-corrected chi connectivity index (χ3v) is 4.25. The lowest BCUT2D eigenvalue weighted by Gasteiger charge is -2.28. The molecule has 0 aromatic heterocycles. The summed E-state index contributed by atoms with van der Waals surface area (Å²) >= 11 is 0. The molecule has 0 radical (unpaired) electrons. The molecule has 0 saturated heterocycles. The summed E-state index contributed by atoms with van der Waals surface area (Å²) in [6.07, 6.45) is 9.52. The molecule has 0 aromatic carbocycles. The molecule has 2 N–H and O–H groups in total. The van der Waals surface area contributed by atoms with Crippen molar-refractivity contribution in [3.63, 3.8) is 0 Å². The number of amides is 1. The molecule has 0 aliphatic heterocycles. The fraction of sp³-hybridized carbons (Fsp3) is 0.929. The van der Waals surface area contributed by atoms with Crippen LogP contribution in [0.1, 0.15) is 51.4 Å². The Balaban J connectivity index is 1.58. The number of carbonyl (C=O) groups excluding carboxylic acids is 1. The highest BCUT2D eigenvalue weighted by atomic mass is 16.5. The van der Waals surface area contributed by atoms with Gasteiger partial charge in [-0.25, -0.2) is 0 Å². The van der Waals surface area contributed by atoms with Gasteiger partial charge in [-0.2, -0.15) is 0 Å². The third kappa shape index (κ3) is 4.25. The fourth-order valence-corrected chi connectivity index (χ4v) is 3.05. The standard InChI is InChI=1S/C14H26N2O2/c1-15-11-6-8-13(9-7-11)18-10-14(17)16-12-4-2-3-5-12/h11-13,15H,2-10H2,1H3,(H,16,17). The zero-order chi connectivity index (χ0) is 12.8. The monoisotopic (exact) mass is 254 g/mol. The first kappa shape index (κ1) is 13.8. The van der Waals surface area contributed by atoms with Crippen LogP contribution in [0.2, 0.25) is 0 Å². The van der Waals surface area contributed by atoms with Gasteiger partial charge in [0.15, 0.2) is 0 Å². The van der Waals surface area contributed by atoms with Gasteiger partial charge in [0.25, 0.3) is 0 Å². The number of hydrogen-bond donors (Lipinski definition) is 2. The van der Waals surface area contributed by atoms with Crippen LogP contribution in [-0.2, 0) is 9.53 Å². The summed E-state index contributed by atoms with van der Waals surface area (Å²) in [5, 5.41) is 6.36. The Bertz CT molecular complexity index is 257. The van der Waals surface area contributed by atoms with E-state index in [0.29, 0.717) is 12.1 Å². The molecule has 4 nitrogen and oxygen atoms in total. The minimum atomic E-state index is 0.0673. The molecule has 0 atom stereocenters. The van der Waals surface area contributed by atoms with Crippen molar-refractivity contribution >= 4 is 5.91 Å². The molecule has 4 heteroatoms. The number of ether oxygens (including phenoxy) is 1. The van der Waals surface area contributed by atoms with Crippen molar-refractivity contribution in [1.82, 2.24) is 10.6 Å². The highest BCUT2D eigenvalue weighted by Gasteiger charge is 2.22. The van der Waals surface area contributed by atoms with Gasteiger partial charge in [-0.3, -0.25) is 4.79 Å². The molecule has 18 heavy (non-hydrogen) atoms. The summed E-state index contributed by atoms with van der Waals surface area (Å²) in [6.45, 7) is 0.241. The number of rotatable bonds is 5. The summed E-state index contributed by atoms with van der Waals surface area (Å²) in [7, 11) is 2.01. The quantitative estimate of drug-likeness (QED) is 0.783. The van der Waals surface area contributed by atoms with Gasteiger partial charge in [0.2, 0.25) is 5.91 Å². The van der Waals surface area contributed by atoms with E-state index in [9.17, 15) is 4.79 Å². The van der Waals surface area contributed by atoms with Gasteiger partial charge < -0.3 is 15.4 Å². The van der Waals surface area contributed by atoms with Crippen molar-refractivity contribution in [2.45, 2.75) is 69.6 Å². The third-order valence-electron chi connectivity index (χ3n) is 4.25.